The lowest BCUT2D eigenvalue weighted by Crippen LogP contribution is -2.17. The van der Waals surface area contributed by atoms with Crippen molar-refractivity contribution in [3.8, 4) is 5.69 Å². The largest absolute Gasteiger partial charge is 0.314 e. The summed E-state index contributed by atoms with van der Waals surface area (Å²) in [4.78, 5) is 0. The van der Waals surface area contributed by atoms with Gasteiger partial charge in [0.2, 0.25) is 0 Å². The molecule has 1 heterocycles. The first kappa shape index (κ1) is 13.7. The van der Waals surface area contributed by atoms with Crippen LogP contribution < -0.4 is 5.32 Å². The molecule has 2 aromatic rings. The molecule has 0 aliphatic heterocycles. The van der Waals surface area contributed by atoms with Gasteiger partial charge in [-0.1, -0.05) is 17.7 Å². The first-order valence-electron chi connectivity index (χ1n) is 7.26. The molecule has 1 aromatic heterocycles. The van der Waals surface area contributed by atoms with Crippen LogP contribution in [0.4, 0.5) is 0 Å². The molecule has 106 valence electrons. The van der Waals surface area contributed by atoms with Gasteiger partial charge in [0, 0.05) is 17.3 Å². The fraction of sp³-hybridized carbons (Fsp3) is 0.438. The Morgan fingerprint density at radius 3 is 3.00 bits per heavy atom. The molecule has 0 unspecified atom stereocenters. The van der Waals surface area contributed by atoms with Crippen molar-refractivity contribution < 1.29 is 0 Å². The van der Waals surface area contributed by atoms with Gasteiger partial charge in [-0.05, 0) is 62.4 Å². The highest BCUT2D eigenvalue weighted by Crippen LogP contribution is 2.20. The Morgan fingerprint density at radius 1 is 1.40 bits per heavy atom. The van der Waals surface area contributed by atoms with Crippen molar-refractivity contribution in [3.63, 3.8) is 0 Å². The highest BCUT2D eigenvalue weighted by molar-refractivity contribution is 6.31. The number of benzene rings is 1. The molecule has 0 amide bonds. The van der Waals surface area contributed by atoms with Crippen molar-refractivity contribution >= 4 is 11.6 Å². The minimum Gasteiger partial charge on any atom is -0.314 e. The van der Waals surface area contributed by atoms with Crippen LogP contribution in [0.25, 0.3) is 5.69 Å². The maximum absolute atomic E-state index is 6.16. The maximum Gasteiger partial charge on any atom is 0.0660 e. The molecule has 0 atom stereocenters. The van der Waals surface area contributed by atoms with Crippen LogP contribution in [0, 0.1) is 6.92 Å². The molecule has 4 heteroatoms. The Kier molecular flexibility index (Phi) is 4.08. The van der Waals surface area contributed by atoms with Crippen molar-refractivity contribution in [2.75, 3.05) is 6.54 Å². The fourth-order valence-corrected chi connectivity index (χ4v) is 2.42. The lowest BCUT2D eigenvalue weighted by atomic mass is 10.2. The van der Waals surface area contributed by atoms with Gasteiger partial charge < -0.3 is 5.32 Å². The van der Waals surface area contributed by atoms with Gasteiger partial charge in [-0.15, -0.1) is 0 Å². The molecule has 1 fully saturated rings. The molecule has 0 spiro atoms. The quantitative estimate of drug-likeness (QED) is 0.825. The number of hydrogen-bond acceptors (Lipinski definition) is 2. The summed E-state index contributed by atoms with van der Waals surface area (Å²) in [5.41, 5.74) is 3.39. The smallest absolute Gasteiger partial charge is 0.0660 e. The fourth-order valence-electron chi connectivity index (χ4n) is 2.24. The first-order valence-corrected chi connectivity index (χ1v) is 7.63. The van der Waals surface area contributed by atoms with Crippen LogP contribution in [0.2, 0.25) is 5.02 Å². The monoisotopic (exact) mass is 289 g/mol. The van der Waals surface area contributed by atoms with Crippen LogP contribution in [0.15, 0.2) is 30.6 Å². The van der Waals surface area contributed by atoms with Crippen LogP contribution in [0.1, 0.15) is 30.4 Å². The van der Waals surface area contributed by atoms with E-state index in [1.807, 2.05) is 36.0 Å². The van der Waals surface area contributed by atoms with Crippen molar-refractivity contribution in [1.29, 1.82) is 0 Å². The van der Waals surface area contributed by atoms with E-state index in [2.05, 4.69) is 16.6 Å². The summed E-state index contributed by atoms with van der Waals surface area (Å²) < 4.78 is 1.90. The molecule has 1 aliphatic rings. The van der Waals surface area contributed by atoms with Gasteiger partial charge in [-0.2, -0.15) is 5.10 Å². The number of halogens is 1. The molecule has 1 saturated carbocycles. The second-order valence-corrected chi connectivity index (χ2v) is 5.97. The molecule has 0 radical (unpaired) electrons. The lowest BCUT2D eigenvalue weighted by Gasteiger charge is -2.04. The minimum absolute atomic E-state index is 0.785. The number of rotatable bonds is 6. The number of hydrogen-bond donors (Lipinski definition) is 1. The summed E-state index contributed by atoms with van der Waals surface area (Å²) in [6.07, 6.45) is 8.98. The normalized spacial score (nSPS) is 14.7. The summed E-state index contributed by atoms with van der Waals surface area (Å²) in [6, 6.07) is 6.83. The van der Waals surface area contributed by atoms with Crippen LogP contribution >= 0.6 is 11.6 Å². The van der Waals surface area contributed by atoms with E-state index < -0.39 is 0 Å². The zero-order chi connectivity index (χ0) is 13.9. The van der Waals surface area contributed by atoms with Crippen molar-refractivity contribution in [2.24, 2.45) is 0 Å². The van der Waals surface area contributed by atoms with Crippen LogP contribution in [-0.2, 0) is 6.42 Å². The highest BCUT2D eigenvalue weighted by Gasteiger charge is 2.19. The third-order valence-electron chi connectivity index (χ3n) is 3.71. The Hall–Kier alpha value is -1.32. The molecule has 0 bridgehead atoms. The molecule has 3 rings (SSSR count). The average molecular weight is 290 g/mol. The van der Waals surface area contributed by atoms with Crippen LogP contribution in [-0.4, -0.2) is 22.4 Å². The molecule has 1 aromatic carbocycles. The van der Waals surface area contributed by atoms with Crippen molar-refractivity contribution in [3.05, 3.63) is 46.7 Å². The van der Waals surface area contributed by atoms with E-state index in [0.29, 0.717) is 0 Å². The third kappa shape index (κ3) is 3.41. The maximum atomic E-state index is 6.16. The Labute approximate surface area is 124 Å². The summed E-state index contributed by atoms with van der Waals surface area (Å²) in [5.74, 6) is 0. The van der Waals surface area contributed by atoms with E-state index in [4.69, 9.17) is 11.6 Å². The SMILES string of the molecule is Cc1ccc(-n2cc(CCCNC3CC3)cn2)cc1Cl. The topological polar surface area (TPSA) is 29.9 Å². The Bertz CT molecular complexity index is 587. The van der Waals surface area contributed by atoms with Gasteiger partial charge in [-0.3, -0.25) is 0 Å². The van der Waals surface area contributed by atoms with Gasteiger partial charge >= 0.3 is 0 Å². The summed E-state index contributed by atoms with van der Waals surface area (Å²) >= 11 is 6.16. The predicted molar refractivity (Wildman–Crippen MR) is 82.7 cm³/mol. The van der Waals surface area contributed by atoms with E-state index >= 15 is 0 Å². The molecular formula is C16H20ClN3. The van der Waals surface area contributed by atoms with Gasteiger partial charge in [-0.25, -0.2) is 4.68 Å². The van der Waals surface area contributed by atoms with Crippen LogP contribution in [0.5, 0.6) is 0 Å². The zero-order valence-electron chi connectivity index (χ0n) is 11.8. The van der Waals surface area contributed by atoms with E-state index in [-0.39, 0.29) is 0 Å². The Balaban J connectivity index is 1.58. The van der Waals surface area contributed by atoms with Gasteiger partial charge in [0.1, 0.15) is 0 Å². The van der Waals surface area contributed by atoms with Crippen molar-refractivity contribution in [2.45, 2.75) is 38.6 Å². The minimum atomic E-state index is 0.785. The van der Waals surface area contributed by atoms with Crippen molar-refractivity contribution in [1.82, 2.24) is 15.1 Å². The average Bonchev–Trinajstić information content (AvgIpc) is 3.15. The van der Waals surface area contributed by atoms with Gasteiger partial charge in [0.25, 0.3) is 0 Å². The molecular weight excluding hydrogens is 270 g/mol. The van der Waals surface area contributed by atoms with E-state index in [9.17, 15) is 0 Å². The molecule has 1 N–H and O–H groups in total. The Morgan fingerprint density at radius 2 is 2.25 bits per heavy atom. The molecule has 0 saturated heterocycles. The number of aryl methyl sites for hydroxylation is 2. The summed E-state index contributed by atoms with van der Waals surface area (Å²) in [5, 5.41) is 8.74. The third-order valence-corrected chi connectivity index (χ3v) is 4.12. The second kappa shape index (κ2) is 5.98. The number of aromatic nitrogens is 2. The zero-order valence-corrected chi connectivity index (χ0v) is 12.5. The number of nitrogens with zero attached hydrogens (tertiary/aromatic N) is 2. The second-order valence-electron chi connectivity index (χ2n) is 5.56. The summed E-state index contributed by atoms with van der Waals surface area (Å²) in [6.45, 7) is 3.11. The molecule has 20 heavy (non-hydrogen) atoms. The highest BCUT2D eigenvalue weighted by atomic mass is 35.5. The van der Waals surface area contributed by atoms with Gasteiger partial charge in [0.15, 0.2) is 0 Å². The molecule has 3 nitrogen and oxygen atoms in total. The van der Waals surface area contributed by atoms with E-state index in [1.54, 1.807) is 0 Å². The predicted octanol–water partition coefficient (Wildman–Crippen LogP) is 3.52. The number of nitrogens with one attached hydrogen (secondary N) is 1. The van der Waals surface area contributed by atoms with E-state index in [1.165, 1.54) is 18.4 Å². The lowest BCUT2D eigenvalue weighted by molar-refractivity contribution is 0.645. The molecule has 1 aliphatic carbocycles. The standard InChI is InChI=1S/C16H20ClN3/c1-12-4-7-15(9-16(12)17)20-11-13(10-19-20)3-2-8-18-14-5-6-14/h4,7,9-11,14,18H,2-3,5-6,8H2,1H3. The van der Waals surface area contributed by atoms with E-state index in [0.717, 1.165) is 41.7 Å². The first-order chi connectivity index (χ1) is 9.72. The van der Waals surface area contributed by atoms with Crippen LogP contribution in [0.3, 0.4) is 0 Å². The van der Waals surface area contributed by atoms with Gasteiger partial charge in [0.05, 0.1) is 11.9 Å². The summed E-state index contributed by atoms with van der Waals surface area (Å²) in [7, 11) is 0.